The maximum atomic E-state index is 15.3. The zero-order valence-electron chi connectivity index (χ0n) is 25.4. The molecule has 1 aromatic heterocycles. The predicted octanol–water partition coefficient (Wildman–Crippen LogP) is 4.49. The van der Waals surface area contributed by atoms with Crippen molar-refractivity contribution in [1.82, 2.24) is 15.6 Å². The molecule has 0 atom stereocenters. The summed E-state index contributed by atoms with van der Waals surface area (Å²) < 4.78 is 51.7. The van der Waals surface area contributed by atoms with E-state index in [9.17, 15) is 13.2 Å². The molecule has 12 heteroatoms. The molecule has 3 aromatic carbocycles. The molecule has 238 valence electrons. The number of aliphatic hydroxyl groups is 1. The van der Waals surface area contributed by atoms with Crippen molar-refractivity contribution in [1.29, 1.82) is 0 Å². The summed E-state index contributed by atoms with van der Waals surface area (Å²) in [6.07, 6.45) is 1.63. The van der Waals surface area contributed by atoms with Crippen molar-refractivity contribution < 1.29 is 32.0 Å². The predicted molar refractivity (Wildman–Crippen MR) is 172 cm³/mol. The van der Waals surface area contributed by atoms with Gasteiger partial charge in [-0.15, -0.1) is 0 Å². The first kappa shape index (κ1) is 33.7. The fraction of sp³-hybridized carbons (Fsp3) is 0.273. The van der Waals surface area contributed by atoms with Gasteiger partial charge in [0.15, 0.2) is 0 Å². The van der Waals surface area contributed by atoms with Gasteiger partial charge in [-0.25, -0.2) is 4.39 Å². The number of hydrogen-bond donors (Lipinski definition) is 5. The summed E-state index contributed by atoms with van der Waals surface area (Å²) in [4.78, 5) is 17.3. The second-order valence-corrected chi connectivity index (χ2v) is 12.0. The maximum Gasteiger partial charge on any atom is 0.274 e. The third-order valence-electron chi connectivity index (χ3n) is 7.41. The van der Waals surface area contributed by atoms with Gasteiger partial charge in [0.05, 0.1) is 19.5 Å². The summed E-state index contributed by atoms with van der Waals surface area (Å²) in [5.41, 5.74) is 7.01. The number of benzene rings is 3. The smallest absolute Gasteiger partial charge is 0.274 e. The largest absolute Gasteiger partial charge is 0.496 e. The summed E-state index contributed by atoms with van der Waals surface area (Å²) in [5.74, 6) is -1.04. The molecular formula is C33H37FN4O6S. The van der Waals surface area contributed by atoms with Gasteiger partial charge in [0, 0.05) is 43.6 Å². The first-order valence-corrected chi connectivity index (χ1v) is 15.9. The van der Waals surface area contributed by atoms with Crippen LogP contribution in [0.15, 0.2) is 66.9 Å². The maximum absolute atomic E-state index is 15.3. The number of rotatable bonds is 14. The van der Waals surface area contributed by atoms with Gasteiger partial charge < -0.3 is 25.8 Å². The van der Waals surface area contributed by atoms with E-state index in [-0.39, 0.29) is 36.9 Å². The van der Waals surface area contributed by atoms with Gasteiger partial charge in [0.25, 0.3) is 16.0 Å². The number of ether oxygens (including phenoxy) is 1. The number of methoxy groups -OCH3 is 1. The number of nitrogens with one attached hydrogen (secondary N) is 3. The number of pyridine rings is 1. The summed E-state index contributed by atoms with van der Waals surface area (Å²) in [6.45, 7) is 4.90. The molecule has 0 bridgehead atoms. The van der Waals surface area contributed by atoms with Crippen LogP contribution < -0.4 is 20.7 Å². The first-order chi connectivity index (χ1) is 21.5. The molecule has 1 amide bonds. The number of halogens is 1. The van der Waals surface area contributed by atoms with Crippen molar-refractivity contribution in [2.45, 2.75) is 26.9 Å². The monoisotopic (exact) mass is 636 g/mol. The Labute approximate surface area is 262 Å². The molecule has 10 nitrogen and oxygen atoms in total. The van der Waals surface area contributed by atoms with Crippen LogP contribution in [0.3, 0.4) is 0 Å². The summed E-state index contributed by atoms with van der Waals surface area (Å²) in [5, 5.41) is 17.8. The highest BCUT2D eigenvalue weighted by atomic mass is 32.2. The highest BCUT2D eigenvalue weighted by Gasteiger charge is 2.18. The van der Waals surface area contributed by atoms with Gasteiger partial charge in [0.1, 0.15) is 17.3 Å². The second-order valence-electron chi connectivity index (χ2n) is 10.5. The van der Waals surface area contributed by atoms with E-state index in [1.54, 1.807) is 18.3 Å². The third kappa shape index (κ3) is 8.71. The Balaban J connectivity index is 1.57. The Morgan fingerprint density at radius 3 is 2.29 bits per heavy atom. The topological polar surface area (TPSA) is 150 Å². The molecular weight excluding hydrogens is 599 g/mol. The number of carbonyl (C=O) groups is 1. The van der Waals surface area contributed by atoms with E-state index >= 15 is 4.39 Å². The van der Waals surface area contributed by atoms with Crippen LogP contribution in [0.1, 0.15) is 32.7 Å². The van der Waals surface area contributed by atoms with Gasteiger partial charge >= 0.3 is 0 Å². The van der Waals surface area contributed by atoms with Crippen LogP contribution in [-0.2, 0) is 23.2 Å². The van der Waals surface area contributed by atoms with Crippen molar-refractivity contribution in [3.8, 4) is 28.0 Å². The van der Waals surface area contributed by atoms with Crippen LogP contribution in [0.5, 0.6) is 5.75 Å². The van der Waals surface area contributed by atoms with E-state index in [1.807, 2.05) is 56.3 Å². The zero-order valence-corrected chi connectivity index (χ0v) is 26.2. The molecule has 0 spiro atoms. The lowest BCUT2D eigenvalue weighted by atomic mass is 9.90. The zero-order chi connectivity index (χ0) is 32.6. The lowest BCUT2D eigenvalue weighted by molar-refractivity contribution is 0.102. The van der Waals surface area contributed by atoms with E-state index in [0.29, 0.717) is 30.1 Å². The van der Waals surface area contributed by atoms with E-state index in [0.717, 1.165) is 33.4 Å². The number of anilines is 1. The highest BCUT2D eigenvalue weighted by molar-refractivity contribution is 7.85. The van der Waals surface area contributed by atoms with Crippen molar-refractivity contribution in [2.24, 2.45) is 0 Å². The van der Waals surface area contributed by atoms with Gasteiger partial charge in [0.2, 0.25) is 0 Å². The van der Waals surface area contributed by atoms with Gasteiger partial charge in [-0.3, -0.25) is 14.3 Å². The minimum atomic E-state index is -4.13. The average Bonchev–Trinajstić information content (AvgIpc) is 3.01. The molecule has 0 aliphatic rings. The Hall–Kier alpha value is -4.20. The van der Waals surface area contributed by atoms with Crippen LogP contribution in [0.2, 0.25) is 0 Å². The first-order valence-electron chi connectivity index (χ1n) is 14.3. The van der Waals surface area contributed by atoms with Crippen LogP contribution in [0.25, 0.3) is 22.3 Å². The molecule has 0 aliphatic heterocycles. The minimum Gasteiger partial charge on any atom is -0.496 e. The molecule has 0 saturated carbocycles. The Kier molecular flexibility index (Phi) is 11.4. The molecule has 4 aromatic rings. The van der Waals surface area contributed by atoms with Crippen LogP contribution in [-0.4, -0.2) is 61.5 Å². The minimum absolute atomic E-state index is 0.0169. The molecule has 0 aliphatic carbocycles. The van der Waals surface area contributed by atoms with Crippen LogP contribution in [0.4, 0.5) is 10.1 Å². The SMILES string of the molecule is COc1cc(-c2cccc(-c3cccc(NC(=O)c4ccc(CNCCO)cn4)c3C)c2C)cc(F)c1CNCCS(=O)(=O)O. The molecule has 0 radical (unpaired) electrons. The fourth-order valence-corrected chi connectivity index (χ4v) is 5.40. The summed E-state index contributed by atoms with van der Waals surface area (Å²) in [6, 6.07) is 18.0. The van der Waals surface area contributed by atoms with Crippen LogP contribution >= 0.6 is 0 Å². The third-order valence-corrected chi connectivity index (χ3v) is 8.13. The van der Waals surface area contributed by atoms with Gasteiger partial charge in [-0.1, -0.05) is 36.4 Å². The number of hydrogen-bond acceptors (Lipinski definition) is 8. The standard InChI is InChI=1S/C33H37FN4O6S/c1-21-25(24-16-29(34)28(32(17-24)44-3)20-36-13-15-45(41,42)43)6-4-7-26(21)27-8-5-9-30(22(27)2)38-33(40)31-11-10-23(19-37-31)18-35-12-14-39/h4-11,16-17,19,35-36,39H,12-15,18,20H2,1-3H3,(H,38,40)(H,41,42,43). The quantitative estimate of drug-likeness (QED) is 0.0997. The van der Waals surface area contributed by atoms with Crippen molar-refractivity contribution in [3.05, 3.63) is 101 Å². The molecule has 0 fully saturated rings. The lowest BCUT2D eigenvalue weighted by Crippen LogP contribution is -2.23. The Bertz CT molecular complexity index is 1760. The van der Waals surface area contributed by atoms with Crippen molar-refractivity contribution in [2.75, 3.05) is 37.9 Å². The lowest BCUT2D eigenvalue weighted by Gasteiger charge is -2.18. The molecule has 45 heavy (non-hydrogen) atoms. The average molecular weight is 637 g/mol. The molecule has 1 heterocycles. The van der Waals surface area contributed by atoms with E-state index in [1.165, 1.54) is 13.2 Å². The fourth-order valence-electron chi connectivity index (χ4n) is 5.00. The van der Waals surface area contributed by atoms with Gasteiger partial charge in [-0.05, 0) is 77.1 Å². The van der Waals surface area contributed by atoms with E-state index in [2.05, 4.69) is 20.9 Å². The van der Waals surface area contributed by atoms with Crippen molar-refractivity contribution in [3.63, 3.8) is 0 Å². The second kappa shape index (κ2) is 15.2. The normalized spacial score (nSPS) is 11.4. The summed E-state index contributed by atoms with van der Waals surface area (Å²) in [7, 11) is -2.69. The molecule has 4 rings (SSSR count). The summed E-state index contributed by atoms with van der Waals surface area (Å²) >= 11 is 0. The van der Waals surface area contributed by atoms with Crippen molar-refractivity contribution >= 4 is 21.7 Å². The number of amides is 1. The molecule has 0 saturated heterocycles. The molecule has 0 unspecified atom stereocenters. The number of aromatic nitrogens is 1. The highest BCUT2D eigenvalue weighted by Crippen LogP contribution is 2.37. The Morgan fingerprint density at radius 1 is 0.933 bits per heavy atom. The van der Waals surface area contributed by atoms with E-state index < -0.39 is 21.7 Å². The van der Waals surface area contributed by atoms with E-state index in [4.69, 9.17) is 14.4 Å². The van der Waals surface area contributed by atoms with Crippen LogP contribution in [0, 0.1) is 19.7 Å². The number of nitrogens with zero attached hydrogens (tertiary/aromatic N) is 1. The number of aliphatic hydroxyl groups excluding tert-OH is 1. The number of carbonyl (C=O) groups excluding carboxylic acids is 1. The molecule has 5 N–H and O–H groups in total. The van der Waals surface area contributed by atoms with Gasteiger partial charge in [-0.2, -0.15) is 8.42 Å². The Morgan fingerprint density at radius 2 is 1.62 bits per heavy atom.